The van der Waals surface area contributed by atoms with Gasteiger partial charge >= 0.3 is 6.09 Å². The largest absolute Gasteiger partial charge is 0.444 e. The van der Waals surface area contributed by atoms with Crippen LogP contribution in [0.5, 0.6) is 0 Å². The van der Waals surface area contributed by atoms with Gasteiger partial charge in [0, 0.05) is 18.7 Å². The molecule has 0 unspecified atom stereocenters. The van der Waals surface area contributed by atoms with Gasteiger partial charge in [0.1, 0.15) is 18.0 Å². The summed E-state index contributed by atoms with van der Waals surface area (Å²) in [5.41, 5.74) is 4.22. The maximum Gasteiger partial charge on any atom is 0.408 e. The molecule has 6 heteroatoms. The molecule has 2 aromatic rings. The van der Waals surface area contributed by atoms with Gasteiger partial charge in [-0.3, -0.25) is 4.79 Å². The molecule has 0 bridgehead atoms. The summed E-state index contributed by atoms with van der Waals surface area (Å²) in [5, 5.41) is 12.7. The Morgan fingerprint density at radius 1 is 1.18 bits per heavy atom. The number of ether oxygens (including phenoxy) is 1. The molecule has 1 saturated heterocycles. The molecule has 1 aliphatic rings. The third-order valence-electron chi connectivity index (χ3n) is 6.23. The molecule has 1 N–H and O–H groups in total. The van der Waals surface area contributed by atoms with Crippen LogP contribution in [0.3, 0.4) is 0 Å². The zero-order chi connectivity index (χ0) is 24.2. The van der Waals surface area contributed by atoms with Gasteiger partial charge in [0.2, 0.25) is 0 Å². The van der Waals surface area contributed by atoms with Crippen molar-refractivity contribution >= 4 is 18.1 Å². The van der Waals surface area contributed by atoms with Crippen molar-refractivity contribution in [1.29, 1.82) is 5.26 Å². The van der Waals surface area contributed by atoms with Crippen LogP contribution in [0.1, 0.15) is 66.2 Å². The topological polar surface area (TPSA) is 82.4 Å². The summed E-state index contributed by atoms with van der Waals surface area (Å²) in [5.74, 6) is 0. The highest BCUT2D eigenvalue weighted by Crippen LogP contribution is 2.32. The number of hydrogen-bond acceptors (Lipinski definition) is 5. The number of nitriles is 1. The first-order valence-electron chi connectivity index (χ1n) is 11.4. The number of piperidine rings is 1. The molecule has 0 aromatic heterocycles. The quantitative estimate of drug-likeness (QED) is 0.645. The van der Waals surface area contributed by atoms with E-state index in [9.17, 15) is 14.9 Å². The Balaban J connectivity index is 1.89. The highest BCUT2D eigenvalue weighted by molar-refractivity contribution is 5.78. The van der Waals surface area contributed by atoms with E-state index in [0.717, 1.165) is 28.7 Å². The number of rotatable bonds is 5. The van der Waals surface area contributed by atoms with E-state index in [1.54, 1.807) is 0 Å². The van der Waals surface area contributed by atoms with Crippen LogP contribution in [0.4, 0.5) is 10.5 Å². The third-order valence-corrected chi connectivity index (χ3v) is 6.23. The maximum absolute atomic E-state index is 12.8. The van der Waals surface area contributed by atoms with Crippen molar-refractivity contribution in [1.82, 2.24) is 5.32 Å². The number of para-hydroxylation sites is 1. The number of anilines is 1. The predicted molar refractivity (Wildman–Crippen MR) is 130 cm³/mol. The highest BCUT2D eigenvalue weighted by Gasteiger charge is 2.38. The first-order valence-corrected chi connectivity index (χ1v) is 11.4. The van der Waals surface area contributed by atoms with E-state index in [-0.39, 0.29) is 0 Å². The van der Waals surface area contributed by atoms with Gasteiger partial charge in [-0.25, -0.2) is 4.79 Å². The molecule has 0 spiro atoms. The first kappa shape index (κ1) is 24.3. The number of carbonyl (C=O) groups excluding carboxylic acids is 2. The van der Waals surface area contributed by atoms with Gasteiger partial charge < -0.3 is 15.0 Å². The van der Waals surface area contributed by atoms with Crippen molar-refractivity contribution in [3.63, 3.8) is 0 Å². The highest BCUT2D eigenvalue weighted by atomic mass is 16.6. The van der Waals surface area contributed by atoms with E-state index >= 15 is 0 Å². The van der Waals surface area contributed by atoms with Gasteiger partial charge in [0.05, 0.1) is 16.8 Å². The Hall–Kier alpha value is -3.33. The molecule has 1 aliphatic heterocycles. The van der Waals surface area contributed by atoms with E-state index in [1.165, 1.54) is 0 Å². The second kappa shape index (κ2) is 9.66. The molecule has 0 radical (unpaired) electrons. The molecule has 0 saturated carbocycles. The number of nitrogens with zero attached hydrogens (tertiary/aromatic N) is 2. The fourth-order valence-electron chi connectivity index (χ4n) is 4.48. The molecule has 1 fully saturated rings. The number of carbonyl (C=O) groups is 2. The molecule has 2 aromatic carbocycles. The lowest BCUT2D eigenvalue weighted by Crippen LogP contribution is -2.57. The summed E-state index contributed by atoms with van der Waals surface area (Å²) in [6.07, 6.45) is 2.43. The Kier molecular flexibility index (Phi) is 7.12. The van der Waals surface area contributed by atoms with Gasteiger partial charge in [0.15, 0.2) is 0 Å². The van der Waals surface area contributed by atoms with Crippen LogP contribution >= 0.6 is 0 Å². The Morgan fingerprint density at radius 3 is 2.45 bits per heavy atom. The van der Waals surface area contributed by atoms with Gasteiger partial charge in [-0.2, -0.15) is 5.26 Å². The van der Waals surface area contributed by atoms with Crippen molar-refractivity contribution < 1.29 is 14.3 Å². The van der Waals surface area contributed by atoms with Crippen molar-refractivity contribution in [3.05, 3.63) is 64.2 Å². The Morgan fingerprint density at radius 2 is 1.85 bits per heavy atom. The molecular formula is C27H33N3O3. The van der Waals surface area contributed by atoms with E-state index in [0.29, 0.717) is 43.5 Å². The second-order valence-electron chi connectivity index (χ2n) is 9.95. The van der Waals surface area contributed by atoms with Crippen molar-refractivity contribution in [2.45, 2.75) is 65.0 Å². The van der Waals surface area contributed by atoms with Crippen LogP contribution in [0.15, 0.2) is 36.4 Å². The average Bonchev–Trinajstić information content (AvgIpc) is 2.75. The lowest BCUT2D eigenvalue weighted by atomic mass is 9.80. The van der Waals surface area contributed by atoms with E-state index < -0.39 is 17.2 Å². The standard InChI is InChI=1S/C27H33N3O3/c1-19-14-20(2)23(18-31)15-22(19)16-27(29-25(32)33-26(3,4)5)10-12-30(13-11-27)24-9-7-6-8-21(24)17-28/h6-9,14-15,18H,10-13,16H2,1-5H3,(H,29,32). The minimum atomic E-state index is -0.595. The molecule has 6 nitrogen and oxygen atoms in total. The number of nitrogens with one attached hydrogen (secondary N) is 1. The molecule has 1 heterocycles. The summed E-state index contributed by atoms with van der Waals surface area (Å²) in [7, 11) is 0. The molecule has 33 heavy (non-hydrogen) atoms. The monoisotopic (exact) mass is 447 g/mol. The van der Waals surface area contributed by atoms with Gasteiger partial charge in [-0.1, -0.05) is 18.2 Å². The van der Waals surface area contributed by atoms with Crippen molar-refractivity contribution in [2.75, 3.05) is 18.0 Å². The number of amides is 1. The molecular weight excluding hydrogens is 414 g/mol. The van der Waals surface area contributed by atoms with Crippen LogP contribution in [0, 0.1) is 25.2 Å². The van der Waals surface area contributed by atoms with Crippen LogP contribution < -0.4 is 10.2 Å². The van der Waals surface area contributed by atoms with E-state index in [4.69, 9.17) is 4.74 Å². The number of alkyl carbamates (subject to hydrolysis) is 1. The zero-order valence-electron chi connectivity index (χ0n) is 20.2. The van der Waals surface area contributed by atoms with Crippen LogP contribution in [-0.2, 0) is 11.2 Å². The SMILES string of the molecule is Cc1cc(C)c(CC2(NC(=O)OC(C)(C)C)CCN(c3ccccc3C#N)CC2)cc1C=O. The van der Waals surface area contributed by atoms with Gasteiger partial charge in [0.25, 0.3) is 0 Å². The molecule has 1 amide bonds. The predicted octanol–water partition coefficient (Wildman–Crippen LogP) is 5.09. The number of aryl methyl sites for hydroxylation is 2. The third kappa shape index (κ3) is 5.92. The minimum absolute atomic E-state index is 0.436. The summed E-state index contributed by atoms with van der Waals surface area (Å²) < 4.78 is 5.58. The van der Waals surface area contributed by atoms with Crippen molar-refractivity contribution in [3.8, 4) is 6.07 Å². The maximum atomic E-state index is 12.8. The summed E-state index contributed by atoms with van der Waals surface area (Å²) in [6.45, 7) is 10.9. The second-order valence-corrected chi connectivity index (χ2v) is 9.95. The molecule has 0 atom stereocenters. The Bertz CT molecular complexity index is 1070. The number of hydrogen-bond donors (Lipinski definition) is 1. The summed E-state index contributed by atoms with van der Waals surface area (Å²) >= 11 is 0. The van der Waals surface area contributed by atoms with Crippen LogP contribution in [-0.4, -0.2) is 36.6 Å². The molecule has 174 valence electrons. The van der Waals surface area contributed by atoms with Gasteiger partial charge in [-0.15, -0.1) is 0 Å². The molecule has 0 aliphatic carbocycles. The summed E-state index contributed by atoms with van der Waals surface area (Å²) in [6, 6.07) is 13.8. The van der Waals surface area contributed by atoms with Crippen molar-refractivity contribution in [2.24, 2.45) is 0 Å². The number of aldehydes is 1. The fourth-order valence-corrected chi connectivity index (χ4v) is 4.48. The van der Waals surface area contributed by atoms with Crippen LogP contribution in [0.25, 0.3) is 0 Å². The lowest BCUT2D eigenvalue weighted by Gasteiger charge is -2.44. The smallest absolute Gasteiger partial charge is 0.408 e. The zero-order valence-corrected chi connectivity index (χ0v) is 20.2. The van der Waals surface area contributed by atoms with Crippen LogP contribution in [0.2, 0.25) is 0 Å². The molecule has 3 rings (SSSR count). The average molecular weight is 448 g/mol. The van der Waals surface area contributed by atoms with Gasteiger partial charge in [-0.05, 0) is 88.8 Å². The first-order chi connectivity index (χ1) is 15.6. The normalized spacial score (nSPS) is 15.5. The number of benzene rings is 2. The summed E-state index contributed by atoms with van der Waals surface area (Å²) in [4.78, 5) is 26.5. The minimum Gasteiger partial charge on any atom is -0.444 e. The van der Waals surface area contributed by atoms with E-state index in [1.807, 2.05) is 71.0 Å². The fraction of sp³-hybridized carbons (Fsp3) is 0.444. The Labute approximate surface area is 196 Å². The van der Waals surface area contributed by atoms with E-state index in [2.05, 4.69) is 16.3 Å². The lowest BCUT2D eigenvalue weighted by molar-refractivity contribution is 0.0434.